The molecule has 2 saturated heterocycles. The second kappa shape index (κ2) is 6.18. The molecule has 0 aliphatic carbocycles. The Balaban J connectivity index is 1.89. The van der Waals surface area contributed by atoms with Gasteiger partial charge in [0.15, 0.2) is 0 Å². The Kier molecular flexibility index (Phi) is 4.39. The van der Waals surface area contributed by atoms with E-state index in [4.69, 9.17) is 4.74 Å². The van der Waals surface area contributed by atoms with Crippen molar-refractivity contribution in [2.24, 2.45) is 11.8 Å². The molecule has 0 saturated carbocycles. The van der Waals surface area contributed by atoms with Crippen molar-refractivity contribution in [2.75, 3.05) is 32.8 Å². The molecular formula is C15H19FN2O4S. The van der Waals surface area contributed by atoms with Crippen molar-refractivity contribution < 1.29 is 22.3 Å². The molecule has 126 valence electrons. The number of carbonyl (C=O) groups is 1. The van der Waals surface area contributed by atoms with Crippen LogP contribution in [0.2, 0.25) is 0 Å². The van der Waals surface area contributed by atoms with E-state index in [0.717, 1.165) is 25.2 Å². The first-order valence-corrected chi connectivity index (χ1v) is 9.04. The Hall–Kier alpha value is -1.51. The topological polar surface area (TPSA) is 75.7 Å². The number of esters is 1. The van der Waals surface area contributed by atoms with Crippen LogP contribution in [0.1, 0.15) is 17.3 Å². The van der Waals surface area contributed by atoms with Gasteiger partial charge in [0.05, 0.1) is 17.1 Å². The van der Waals surface area contributed by atoms with Crippen LogP contribution in [0.15, 0.2) is 23.1 Å². The molecule has 2 heterocycles. The van der Waals surface area contributed by atoms with Gasteiger partial charge in [0.25, 0.3) is 0 Å². The summed E-state index contributed by atoms with van der Waals surface area (Å²) >= 11 is 0. The van der Waals surface area contributed by atoms with Crippen molar-refractivity contribution in [3.8, 4) is 0 Å². The predicted molar refractivity (Wildman–Crippen MR) is 81.0 cm³/mol. The Morgan fingerprint density at radius 3 is 2.57 bits per heavy atom. The molecule has 1 aromatic rings. The maximum atomic E-state index is 13.8. The summed E-state index contributed by atoms with van der Waals surface area (Å²) in [5, 5.41) is 3.24. The maximum Gasteiger partial charge on any atom is 0.338 e. The number of ether oxygens (including phenoxy) is 1. The molecule has 1 aromatic carbocycles. The van der Waals surface area contributed by atoms with Crippen molar-refractivity contribution in [1.82, 2.24) is 9.62 Å². The lowest BCUT2D eigenvalue weighted by molar-refractivity contribution is 0.0525. The lowest BCUT2D eigenvalue weighted by Gasteiger charge is -2.18. The molecule has 3 rings (SSSR count). The summed E-state index contributed by atoms with van der Waals surface area (Å²) < 4.78 is 45.4. The van der Waals surface area contributed by atoms with Gasteiger partial charge in [-0.1, -0.05) is 0 Å². The molecule has 1 N–H and O–H groups in total. The summed E-state index contributed by atoms with van der Waals surface area (Å²) in [6, 6.07) is 3.12. The molecule has 2 atom stereocenters. The second-order valence-electron chi connectivity index (χ2n) is 5.90. The number of rotatable bonds is 4. The number of benzene rings is 1. The highest BCUT2D eigenvalue weighted by Gasteiger charge is 2.41. The van der Waals surface area contributed by atoms with Crippen LogP contribution in [-0.2, 0) is 14.8 Å². The van der Waals surface area contributed by atoms with Gasteiger partial charge >= 0.3 is 5.97 Å². The minimum Gasteiger partial charge on any atom is -0.462 e. The highest BCUT2D eigenvalue weighted by molar-refractivity contribution is 7.89. The Morgan fingerprint density at radius 2 is 1.96 bits per heavy atom. The van der Waals surface area contributed by atoms with Gasteiger partial charge in [0, 0.05) is 13.1 Å². The van der Waals surface area contributed by atoms with Gasteiger partial charge in [-0.25, -0.2) is 17.6 Å². The van der Waals surface area contributed by atoms with Crippen LogP contribution in [0.4, 0.5) is 4.39 Å². The molecule has 2 aliphatic heterocycles. The fraction of sp³-hybridized carbons (Fsp3) is 0.533. The molecule has 0 radical (unpaired) electrons. The molecular weight excluding hydrogens is 323 g/mol. The first-order valence-electron chi connectivity index (χ1n) is 7.60. The number of sulfonamides is 1. The van der Waals surface area contributed by atoms with Crippen LogP contribution < -0.4 is 5.32 Å². The van der Waals surface area contributed by atoms with E-state index < -0.39 is 21.8 Å². The van der Waals surface area contributed by atoms with E-state index in [9.17, 15) is 17.6 Å². The van der Waals surface area contributed by atoms with E-state index in [2.05, 4.69) is 5.32 Å². The fourth-order valence-electron chi connectivity index (χ4n) is 3.20. The number of fused-ring (bicyclic) bond motifs is 1. The number of halogens is 1. The monoisotopic (exact) mass is 342 g/mol. The van der Waals surface area contributed by atoms with E-state index in [1.165, 1.54) is 10.4 Å². The minimum atomic E-state index is -3.82. The number of hydrogen-bond donors (Lipinski definition) is 1. The fourth-order valence-corrected chi connectivity index (χ4v) is 4.81. The molecule has 23 heavy (non-hydrogen) atoms. The van der Waals surface area contributed by atoms with Gasteiger partial charge in [-0.05, 0) is 50.0 Å². The first kappa shape index (κ1) is 16.4. The molecule has 0 spiro atoms. The summed E-state index contributed by atoms with van der Waals surface area (Å²) in [6.07, 6.45) is 0. The first-order chi connectivity index (χ1) is 10.9. The lowest BCUT2D eigenvalue weighted by atomic mass is 10.0. The normalized spacial score (nSPS) is 24.6. The zero-order valence-electron chi connectivity index (χ0n) is 12.8. The minimum absolute atomic E-state index is 0.0912. The number of nitrogens with one attached hydrogen (secondary N) is 1. The van der Waals surface area contributed by atoms with Crippen molar-refractivity contribution in [3.63, 3.8) is 0 Å². The molecule has 0 bridgehead atoms. The van der Waals surface area contributed by atoms with Crippen LogP contribution in [0.25, 0.3) is 0 Å². The molecule has 2 fully saturated rings. The quantitative estimate of drug-likeness (QED) is 0.821. The molecule has 2 aliphatic rings. The Labute approximate surface area is 134 Å². The zero-order valence-corrected chi connectivity index (χ0v) is 13.6. The van der Waals surface area contributed by atoms with Crippen molar-refractivity contribution >= 4 is 16.0 Å². The van der Waals surface area contributed by atoms with Gasteiger partial charge < -0.3 is 10.1 Å². The van der Waals surface area contributed by atoms with Gasteiger partial charge in [-0.2, -0.15) is 4.31 Å². The van der Waals surface area contributed by atoms with Crippen LogP contribution in [0.5, 0.6) is 0 Å². The van der Waals surface area contributed by atoms with Crippen LogP contribution >= 0.6 is 0 Å². The van der Waals surface area contributed by atoms with Crippen molar-refractivity contribution in [1.29, 1.82) is 0 Å². The third kappa shape index (κ3) is 3.11. The van der Waals surface area contributed by atoms with Crippen LogP contribution in [0, 0.1) is 17.7 Å². The van der Waals surface area contributed by atoms with E-state index in [0.29, 0.717) is 24.9 Å². The van der Waals surface area contributed by atoms with E-state index in [1.807, 2.05) is 0 Å². The standard InChI is InChI=1S/C15H19FN2O4S/c1-2-22-15(19)10-3-13(16)5-14(4-10)23(20,21)18-8-11-6-17-7-12(11)9-18/h3-5,11-12,17H,2,6-9H2,1H3/t11-,12+. The molecule has 6 nitrogen and oxygen atoms in total. The van der Waals surface area contributed by atoms with E-state index >= 15 is 0 Å². The Morgan fingerprint density at radius 1 is 1.30 bits per heavy atom. The van der Waals surface area contributed by atoms with Gasteiger partial charge in [0.1, 0.15) is 5.82 Å². The van der Waals surface area contributed by atoms with Crippen molar-refractivity contribution in [3.05, 3.63) is 29.6 Å². The smallest absolute Gasteiger partial charge is 0.338 e. The highest BCUT2D eigenvalue weighted by atomic mass is 32.2. The average Bonchev–Trinajstić information content (AvgIpc) is 3.08. The largest absolute Gasteiger partial charge is 0.462 e. The lowest BCUT2D eigenvalue weighted by Crippen LogP contribution is -2.32. The summed E-state index contributed by atoms with van der Waals surface area (Å²) in [5.41, 5.74) is -0.0912. The molecule has 8 heteroatoms. The van der Waals surface area contributed by atoms with Gasteiger partial charge in [-0.3, -0.25) is 0 Å². The Bertz CT molecular complexity index is 710. The SMILES string of the molecule is CCOC(=O)c1cc(F)cc(S(=O)(=O)N2C[C@H]3CNC[C@H]3C2)c1. The van der Waals surface area contributed by atoms with E-state index in [-0.39, 0.29) is 17.1 Å². The highest BCUT2D eigenvalue weighted by Crippen LogP contribution is 2.31. The number of hydrogen-bond acceptors (Lipinski definition) is 5. The molecule has 0 aromatic heterocycles. The summed E-state index contributed by atoms with van der Waals surface area (Å²) in [7, 11) is -3.82. The third-order valence-corrected chi connectivity index (χ3v) is 6.19. The van der Waals surface area contributed by atoms with Crippen molar-refractivity contribution in [2.45, 2.75) is 11.8 Å². The number of carbonyl (C=O) groups excluding carboxylic acids is 1. The summed E-state index contributed by atoms with van der Waals surface area (Å²) in [6.45, 7) is 4.21. The zero-order chi connectivity index (χ0) is 16.6. The maximum absolute atomic E-state index is 13.8. The third-order valence-electron chi connectivity index (χ3n) is 4.38. The summed E-state index contributed by atoms with van der Waals surface area (Å²) in [4.78, 5) is 11.6. The summed E-state index contributed by atoms with van der Waals surface area (Å²) in [5.74, 6) is -0.910. The predicted octanol–water partition coefficient (Wildman–Crippen LogP) is 0.842. The van der Waals surface area contributed by atoms with Gasteiger partial charge in [0.2, 0.25) is 10.0 Å². The van der Waals surface area contributed by atoms with E-state index in [1.54, 1.807) is 6.92 Å². The molecule has 0 amide bonds. The number of nitrogens with zero attached hydrogens (tertiary/aromatic N) is 1. The second-order valence-corrected chi connectivity index (χ2v) is 7.83. The van der Waals surface area contributed by atoms with Crippen LogP contribution in [-0.4, -0.2) is 51.5 Å². The average molecular weight is 342 g/mol. The molecule has 0 unspecified atom stereocenters. The van der Waals surface area contributed by atoms with Crippen LogP contribution in [0.3, 0.4) is 0 Å². The van der Waals surface area contributed by atoms with Gasteiger partial charge in [-0.15, -0.1) is 0 Å².